The predicted molar refractivity (Wildman–Crippen MR) is 140 cm³/mol. The van der Waals surface area contributed by atoms with E-state index in [1.165, 1.54) is 12.8 Å². The summed E-state index contributed by atoms with van der Waals surface area (Å²) in [5.74, 6) is 2.68. The maximum absolute atomic E-state index is 12.7. The molecule has 4 heterocycles. The maximum Gasteiger partial charge on any atom is 0.243 e. The van der Waals surface area contributed by atoms with Crippen molar-refractivity contribution >= 4 is 11.7 Å². The topological polar surface area (TPSA) is 83.5 Å². The fraction of sp³-hybridized carbons (Fsp3) is 0.741. The van der Waals surface area contributed by atoms with Gasteiger partial charge in [0.15, 0.2) is 11.7 Å². The van der Waals surface area contributed by atoms with Gasteiger partial charge in [0.05, 0.1) is 32.2 Å². The number of unbranched alkanes of at least 4 members (excludes halogenated alkanes) is 2. The first kappa shape index (κ1) is 26.2. The van der Waals surface area contributed by atoms with Gasteiger partial charge in [0.25, 0.3) is 0 Å². The fourth-order valence-electron chi connectivity index (χ4n) is 5.01. The number of carbonyl (C=O) groups is 1. The Bertz CT molecular complexity index is 923. The number of carbonyl (C=O) groups excluding carboxylic acids is 1. The Kier molecular flexibility index (Phi) is 8.46. The average Bonchev–Trinajstić information content (AvgIpc) is 3.39. The Labute approximate surface area is 220 Å². The lowest BCUT2D eigenvalue weighted by molar-refractivity contribution is -0.129. The molecular formula is C27H42N6O4. The van der Waals surface area contributed by atoms with Gasteiger partial charge in [-0.05, 0) is 57.4 Å². The largest absolute Gasteiger partial charge is 0.476 e. The van der Waals surface area contributed by atoms with Crippen LogP contribution in [0, 0.1) is 5.92 Å². The summed E-state index contributed by atoms with van der Waals surface area (Å²) in [5, 5.41) is 4.15. The molecule has 1 aromatic heterocycles. The normalized spacial score (nSPS) is 23.5. The van der Waals surface area contributed by atoms with Gasteiger partial charge in [-0.2, -0.15) is 0 Å². The number of nitrogens with zero attached hydrogens (tertiary/aromatic N) is 6. The van der Waals surface area contributed by atoms with Crippen molar-refractivity contribution in [2.45, 2.75) is 64.4 Å². The fourth-order valence-corrected chi connectivity index (χ4v) is 5.01. The SMILES string of the molecule is CCCC/C=C(/OC1(C)CC1)N1CCC(COc2cnc(N3CCN(N4CCOC4)CC3=O)cn2)CC1. The highest BCUT2D eigenvalue weighted by Crippen LogP contribution is 2.41. The molecule has 1 aliphatic carbocycles. The summed E-state index contributed by atoms with van der Waals surface area (Å²) in [6.07, 6.45) is 13.5. The first-order chi connectivity index (χ1) is 18.0. The third kappa shape index (κ3) is 6.91. The van der Waals surface area contributed by atoms with Crippen molar-refractivity contribution in [2.24, 2.45) is 5.92 Å². The summed E-state index contributed by atoms with van der Waals surface area (Å²) < 4.78 is 17.8. The zero-order chi connectivity index (χ0) is 25.7. The van der Waals surface area contributed by atoms with Gasteiger partial charge in [0.1, 0.15) is 12.3 Å². The Morgan fingerprint density at radius 3 is 2.62 bits per heavy atom. The molecule has 0 radical (unpaired) electrons. The first-order valence-electron chi connectivity index (χ1n) is 14.0. The van der Waals surface area contributed by atoms with E-state index >= 15 is 0 Å². The summed E-state index contributed by atoms with van der Waals surface area (Å²) in [7, 11) is 0. The molecule has 1 amide bonds. The molecule has 4 aliphatic rings. The van der Waals surface area contributed by atoms with Gasteiger partial charge in [-0.3, -0.25) is 9.69 Å². The number of hydrazine groups is 1. The molecule has 10 nitrogen and oxygen atoms in total. The molecule has 0 atom stereocenters. The number of rotatable bonds is 11. The lowest BCUT2D eigenvalue weighted by atomic mass is 9.98. The number of allylic oxidation sites excluding steroid dienone is 1. The summed E-state index contributed by atoms with van der Waals surface area (Å²) in [5.41, 5.74) is 0.0455. The molecule has 204 valence electrons. The van der Waals surface area contributed by atoms with E-state index < -0.39 is 0 Å². The van der Waals surface area contributed by atoms with E-state index in [1.54, 1.807) is 17.3 Å². The predicted octanol–water partition coefficient (Wildman–Crippen LogP) is 3.02. The number of ether oxygens (including phenoxy) is 3. The van der Waals surface area contributed by atoms with Crippen LogP contribution in [-0.2, 0) is 14.3 Å². The highest BCUT2D eigenvalue weighted by molar-refractivity contribution is 5.94. The van der Waals surface area contributed by atoms with Crippen LogP contribution in [0.5, 0.6) is 5.88 Å². The molecule has 0 spiro atoms. The Balaban J connectivity index is 1.06. The van der Waals surface area contributed by atoms with Crippen molar-refractivity contribution in [3.8, 4) is 5.88 Å². The molecule has 3 aliphatic heterocycles. The van der Waals surface area contributed by atoms with Gasteiger partial charge in [0, 0.05) is 32.7 Å². The number of likely N-dealkylation sites (tertiary alicyclic amines) is 1. The second-order valence-corrected chi connectivity index (χ2v) is 10.9. The van der Waals surface area contributed by atoms with Crippen LogP contribution in [-0.4, -0.2) is 95.6 Å². The van der Waals surface area contributed by atoms with Crippen molar-refractivity contribution < 1.29 is 19.0 Å². The van der Waals surface area contributed by atoms with E-state index in [1.807, 2.05) is 0 Å². The molecule has 0 N–H and O–H groups in total. The molecule has 0 unspecified atom stereocenters. The van der Waals surface area contributed by atoms with Gasteiger partial charge in [0.2, 0.25) is 11.8 Å². The van der Waals surface area contributed by atoms with Gasteiger partial charge in [-0.25, -0.2) is 20.0 Å². The van der Waals surface area contributed by atoms with Crippen LogP contribution in [0.4, 0.5) is 5.82 Å². The lowest BCUT2D eigenvalue weighted by Gasteiger charge is -2.37. The number of piperazine rings is 1. The van der Waals surface area contributed by atoms with Crippen molar-refractivity contribution in [3.63, 3.8) is 0 Å². The van der Waals surface area contributed by atoms with Gasteiger partial charge >= 0.3 is 0 Å². The van der Waals surface area contributed by atoms with Crippen LogP contribution in [0.1, 0.15) is 58.8 Å². The average molecular weight is 515 g/mol. The van der Waals surface area contributed by atoms with Crippen LogP contribution in [0.15, 0.2) is 24.4 Å². The molecule has 0 aromatic carbocycles. The van der Waals surface area contributed by atoms with Crippen molar-refractivity contribution in [1.82, 2.24) is 24.9 Å². The van der Waals surface area contributed by atoms with Crippen LogP contribution < -0.4 is 9.64 Å². The number of amides is 1. The summed E-state index contributed by atoms with van der Waals surface area (Å²) >= 11 is 0. The second-order valence-electron chi connectivity index (χ2n) is 10.9. The summed E-state index contributed by atoms with van der Waals surface area (Å²) in [6.45, 7) is 10.8. The zero-order valence-corrected chi connectivity index (χ0v) is 22.4. The van der Waals surface area contributed by atoms with Crippen LogP contribution in [0.3, 0.4) is 0 Å². The van der Waals surface area contributed by atoms with Crippen LogP contribution >= 0.6 is 0 Å². The molecule has 0 bridgehead atoms. The van der Waals surface area contributed by atoms with Gasteiger partial charge in [-0.15, -0.1) is 0 Å². The highest BCUT2D eigenvalue weighted by atomic mass is 16.5. The Morgan fingerprint density at radius 2 is 1.97 bits per heavy atom. The Hall–Kier alpha value is -2.43. The van der Waals surface area contributed by atoms with Gasteiger partial charge in [-0.1, -0.05) is 13.3 Å². The smallest absolute Gasteiger partial charge is 0.243 e. The second kappa shape index (κ2) is 12.0. The monoisotopic (exact) mass is 514 g/mol. The minimum absolute atomic E-state index is 0.0238. The molecule has 4 fully saturated rings. The van der Waals surface area contributed by atoms with Crippen molar-refractivity contribution in [3.05, 3.63) is 24.4 Å². The maximum atomic E-state index is 12.7. The molecule has 1 aromatic rings. The summed E-state index contributed by atoms with van der Waals surface area (Å²) in [4.78, 5) is 25.7. The quantitative estimate of drug-likeness (QED) is 0.327. The molecule has 37 heavy (non-hydrogen) atoms. The van der Waals surface area contributed by atoms with E-state index in [0.29, 0.717) is 50.6 Å². The zero-order valence-electron chi connectivity index (χ0n) is 22.4. The highest BCUT2D eigenvalue weighted by Gasteiger charge is 2.41. The molecule has 5 rings (SSSR count). The third-order valence-corrected chi connectivity index (χ3v) is 7.80. The van der Waals surface area contributed by atoms with E-state index in [-0.39, 0.29) is 11.5 Å². The number of piperidine rings is 1. The van der Waals surface area contributed by atoms with E-state index in [4.69, 9.17) is 14.2 Å². The number of hydrogen-bond acceptors (Lipinski definition) is 9. The van der Waals surface area contributed by atoms with E-state index in [0.717, 1.165) is 64.2 Å². The molecule has 1 saturated carbocycles. The number of aromatic nitrogens is 2. The first-order valence-corrected chi connectivity index (χ1v) is 14.0. The van der Waals surface area contributed by atoms with Crippen molar-refractivity contribution in [1.29, 1.82) is 0 Å². The Morgan fingerprint density at radius 1 is 1.14 bits per heavy atom. The van der Waals surface area contributed by atoms with Gasteiger partial charge < -0.3 is 19.1 Å². The number of anilines is 1. The molecular weight excluding hydrogens is 472 g/mol. The molecule has 10 heteroatoms. The van der Waals surface area contributed by atoms with Crippen LogP contribution in [0.2, 0.25) is 0 Å². The van der Waals surface area contributed by atoms with E-state index in [2.05, 4.69) is 44.8 Å². The number of hydrogen-bond donors (Lipinski definition) is 0. The lowest BCUT2D eigenvalue weighted by Crippen LogP contribution is -2.56. The molecule has 3 saturated heterocycles. The van der Waals surface area contributed by atoms with Crippen LogP contribution in [0.25, 0.3) is 0 Å². The summed E-state index contributed by atoms with van der Waals surface area (Å²) in [6, 6.07) is 0. The minimum Gasteiger partial charge on any atom is -0.476 e. The minimum atomic E-state index is 0.0238. The van der Waals surface area contributed by atoms with E-state index in [9.17, 15) is 4.79 Å². The third-order valence-electron chi connectivity index (χ3n) is 7.80. The van der Waals surface area contributed by atoms with Crippen molar-refractivity contribution in [2.75, 3.05) is 64.1 Å². The standard InChI is InChI=1S/C27H42N6O4/c1-3-4-5-6-26(37-27(2)9-10-27)30-11-7-22(8-12-30)20-36-24-18-28-23(17-29-24)33-14-13-31(19-25(33)34)32-15-16-35-21-32/h6,17-18,22H,3-5,7-16,19-21H2,1-2H3/b26-6+.